The quantitative estimate of drug-likeness (QED) is 0.0442. The molecule has 6 aliphatic carbocycles. The van der Waals surface area contributed by atoms with Crippen molar-refractivity contribution in [1.29, 1.82) is 0 Å². The number of fused-ring (bicyclic) bond motifs is 20. The molecule has 0 saturated heterocycles. The third-order valence-electron chi connectivity index (χ3n) is 22.4. The van der Waals surface area contributed by atoms with Gasteiger partial charge in [0, 0.05) is 46.8 Å². The van der Waals surface area contributed by atoms with E-state index in [1.807, 2.05) is 0 Å². The van der Waals surface area contributed by atoms with Gasteiger partial charge < -0.3 is 43.8 Å². The molecular weight excluding hydrogens is 1090 g/mol. The Kier molecular flexibility index (Phi) is 15.9. The molecule has 13 unspecified atom stereocenters. The summed E-state index contributed by atoms with van der Waals surface area (Å²) in [7, 11) is 0. The average Bonchev–Trinajstić information content (AvgIpc) is 1.75. The fourth-order valence-electron chi connectivity index (χ4n) is 18.4. The first-order valence-electron chi connectivity index (χ1n) is 32.2. The lowest BCUT2D eigenvalue weighted by Crippen LogP contribution is -2.62. The highest BCUT2D eigenvalue weighted by molar-refractivity contribution is 5.90. The Morgan fingerprint density at radius 2 is 1.59 bits per heavy atom. The average molecular weight is 1170 g/mol. The normalized spacial score (nSPS) is 30.7. The lowest BCUT2D eigenvalue weighted by Gasteiger charge is -2.53. The predicted octanol–water partition coefficient (Wildman–Crippen LogP) is 13.1. The van der Waals surface area contributed by atoms with Crippen LogP contribution in [0.3, 0.4) is 0 Å². The van der Waals surface area contributed by atoms with Gasteiger partial charge in [-0.1, -0.05) is 134 Å². The van der Waals surface area contributed by atoms with Gasteiger partial charge in [-0.15, -0.1) is 0 Å². The number of benzene rings is 5. The number of aliphatic hydroxyl groups is 4. The van der Waals surface area contributed by atoms with Crippen molar-refractivity contribution in [3.8, 4) is 5.75 Å². The fraction of sp³-hybridized carbons (Fsp3) is 0.453. The molecule has 452 valence electrons. The van der Waals surface area contributed by atoms with E-state index in [-0.39, 0.29) is 108 Å². The third-order valence-corrected chi connectivity index (χ3v) is 22.4. The Morgan fingerprint density at radius 1 is 0.759 bits per heavy atom. The summed E-state index contributed by atoms with van der Waals surface area (Å²) in [6.07, 6.45) is 17.6. The SMILES string of the molecule is CC(CO)=C1CCc2ccc(cc2)C2CCC(c3cccc(C45CCCCC4C=Cc4ccccc45)c3)CC2CC(=O)OC2c3c(ccc4c(CO)c(C(CCO)COCO)c(=O)oc34)OC3(CCCC4C5C=Cc6ccccc6C5CC43)C2OC1=O. The minimum Gasteiger partial charge on any atom is -0.482 e. The summed E-state index contributed by atoms with van der Waals surface area (Å²) in [5.74, 6) is -0.890. The largest absolute Gasteiger partial charge is 0.482 e. The molecule has 1 spiro atoms. The van der Waals surface area contributed by atoms with Crippen molar-refractivity contribution in [2.45, 2.75) is 157 Å². The summed E-state index contributed by atoms with van der Waals surface area (Å²) in [4.78, 5) is 46.3. The number of carbonyl (C=O) groups excluding carboxylic acids is 2. The Morgan fingerprint density at radius 3 is 2.41 bits per heavy atom. The maximum absolute atomic E-state index is 16.0. The van der Waals surface area contributed by atoms with Gasteiger partial charge in [0.25, 0.3) is 0 Å². The molecule has 12 nitrogen and oxygen atoms in total. The van der Waals surface area contributed by atoms with Crippen LogP contribution < -0.4 is 10.4 Å². The van der Waals surface area contributed by atoms with Crippen molar-refractivity contribution >= 4 is 35.1 Å². The Balaban J connectivity index is 0.910. The lowest BCUT2D eigenvalue weighted by atomic mass is 9.56. The predicted molar refractivity (Wildman–Crippen MR) is 332 cm³/mol. The molecule has 4 saturated carbocycles. The molecule has 13 atom stereocenters. The molecule has 4 heterocycles. The van der Waals surface area contributed by atoms with E-state index in [0.717, 1.165) is 62.5 Å². The van der Waals surface area contributed by atoms with Crippen LogP contribution in [0.5, 0.6) is 5.75 Å². The van der Waals surface area contributed by atoms with Gasteiger partial charge in [-0.3, -0.25) is 4.79 Å². The van der Waals surface area contributed by atoms with Crippen LogP contribution >= 0.6 is 0 Å². The van der Waals surface area contributed by atoms with Gasteiger partial charge in [-0.2, -0.15) is 0 Å². The van der Waals surface area contributed by atoms with E-state index >= 15 is 9.59 Å². The number of aryl methyl sites for hydroxylation is 1. The number of hydrogen-bond donors (Lipinski definition) is 4. The summed E-state index contributed by atoms with van der Waals surface area (Å²) in [5, 5.41) is 42.4. The second kappa shape index (κ2) is 23.9. The number of hydrogen-bond acceptors (Lipinski definition) is 12. The highest BCUT2D eigenvalue weighted by atomic mass is 16.6. The molecule has 1 aromatic heterocycles. The number of allylic oxidation sites excluding steroid dienone is 2. The zero-order valence-electron chi connectivity index (χ0n) is 49.7. The van der Waals surface area contributed by atoms with Gasteiger partial charge in [0.2, 0.25) is 0 Å². The first-order chi connectivity index (χ1) is 42.5. The van der Waals surface area contributed by atoms with E-state index in [2.05, 4.69) is 121 Å². The monoisotopic (exact) mass is 1170 g/mol. The smallest absolute Gasteiger partial charge is 0.340 e. The van der Waals surface area contributed by atoms with Crippen LogP contribution in [0.15, 0.2) is 142 Å². The van der Waals surface area contributed by atoms with E-state index in [4.69, 9.17) is 23.4 Å². The first kappa shape index (κ1) is 57.8. The number of carbonyl (C=O) groups is 2. The molecule has 15 rings (SSSR count). The molecule has 4 fully saturated rings. The Bertz CT molecular complexity index is 3760. The fourth-order valence-corrected chi connectivity index (χ4v) is 18.4. The van der Waals surface area contributed by atoms with E-state index in [1.54, 1.807) is 19.1 Å². The second-order valence-corrected chi connectivity index (χ2v) is 26.5. The van der Waals surface area contributed by atoms with Gasteiger partial charge in [0.15, 0.2) is 17.8 Å². The Labute approximate surface area is 508 Å². The first-order valence-corrected chi connectivity index (χ1v) is 32.2. The second-order valence-electron chi connectivity index (χ2n) is 26.5. The van der Waals surface area contributed by atoms with Gasteiger partial charge >= 0.3 is 17.6 Å². The van der Waals surface area contributed by atoms with Crippen molar-refractivity contribution in [2.75, 3.05) is 26.6 Å². The van der Waals surface area contributed by atoms with Crippen LogP contribution in [-0.2, 0) is 42.2 Å². The van der Waals surface area contributed by atoms with Crippen molar-refractivity contribution < 1.29 is 53.4 Å². The minimum absolute atomic E-state index is 0.0209. The summed E-state index contributed by atoms with van der Waals surface area (Å²) in [5.41, 5.74) is 9.20. The summed E-state index contributed by atoms with van der Waals surface area (Å²) >= 11 is 0. The van der Waals surface area contributed by atoms with E-state index < -0.39 is 54.7 Å². The third kappa shape index (κ3) is 9.97. The van der Waals surface area contributed by atoms with Crippen LogP contribution in [0.4, 0.5) is 0 Å². The molecule has 5 aromatic carbocycles. The zero-order chi connectivity index (χ0) is 59.6. The van der Waals surface area contributed by atoms with Crippen molar-refractivity contribution in [1.82, 2.24) is 0 Å². The lowest BCUT2D eigenvalue weighted by molar-refractivity contribution is -0.212. The maximum atomic E-state index is 16.0. The van der Waals surface area contributed by atoms with E-state index in [0.29, 0.717) is 41.0 Å². The molecule has 0 radical (unpaired) electrons. The topological polar surface area (TPSA) is 182 Å². The molecule has 87 heavy (non-hydrogen) atoms. The van der Waals surface area contributed by atoms with Gasteiger partial charge in [-0.25, -0.2) is 9.59 Å². The highest BCUT2D eigenvalue weighted by Gasteiger charge is 2.65. The standard InChI is InChI=1S/C75H80O12/c1-44(40-77)55-27-20-45-18-21-47(22-19-45)56-28-25-50(49-12-8-14-54(37-49)74-33-7-6-13-53(74)26-23-48-11-3-5-17-63(48)74)36-52(56)38-66(80)84-70-68-65(31-30-60-62(41-78)67(73(82)85-69(60)68)51(32-35-76)42-83-43-79)87-75(71(70)86-72(55)81)34-9-16-59-58-29-24-46-10-2-4-15-57(46)61(58)39-64(59)75/h2-5,8,10-12,14-15,17-19,21-24,26,29-31,37,50-53,56,58-59,61,64,70-71,76-79H,6-7,9,13,16,20,25,27-28,32-36,38-43H2,1H3. The number of aliphatic hydroxyl groups excluding tert-OH is 4. The van der Waals surface area contributed by atoms with E-state index in [9.17, 15) is 25.2 Å². The molecule has 4 N–H and O–H groups in total. The van der Waals surface area contributed by atoms with Gasteiger partial charge in [-0.05, 0) is 193 Å². The number of ether oxygens (including phenoxy) is 4. The van der Waals surface area contributed by atoms with Gasteiger partial charge in [0.05, 0.1) is 25.4 Å². The summed E-state index contributed by atoms with van der Waals surface area (Å²) in [6, 6.07) is 39.0. The van der Waals surface area contributed by atoms with Crippen molar-refractivity contribution in [3.05, 3.63) is 204 Å². The highest BCUT2D eigenvalue weighted by Crippen LogP contribution is 2.64. The minimum atomic E-state index is -1.36. The van der Waals surface area contributed by atoms with Gasteiger partial charge in [0.1, 0.15) is 18.1 Å². The van der Waals surface area contributed by atoms with Crippen LogP contribution in [0.2, 0.25) is 0 Å². The van der Waals surface area contributed by atoms with Crippen molar-refractivity contribution in [3.63, 3.8) is 0 Å². The molecule has 9 aliphatic rings. The zero-order valence-corrected chi connectivity index (χ0v) is 49.7. The number of esters is 2. The van der Waals surface area contributed by atoms with Crippen LogP contribution in [0.1, 0.15) is 188 Å². The molecule has 12 heteroatoms. The van der Waals surface area contributed by atoms with Crippen LogP contribution in [0, 0.1) is 29.6 Å². The molecule has 3 aliphatic heterocycles. The molecule has 2 bridgehead atoms. The summed E-state index contributed by atoms with van der Waals surface area (Å²) < 4.78 is 33.9. The number of rotatable bonds is 10. The van der Waals surface area contributed by atoms with Crippen molar-refractivity contribution in [2.24, 2.45) is 29.6 Å². The molecular formula is C75H80O12. The van der Waals surface area contributed by atoms with E-state index in [1.165, 1.54) is 46.2 Å². The van der Waals surface area contributed by atoms with Crippen LogP contribution in [-0.4, -0.2) is 70.7 Å². The van der Waals surface area contributed by atoms with Crippen LogP contribution in [0.25, 0.3) is 23.1 Å². The summed E-state index contributed by atoms with van der Waals surface area (Å²) in [6.45, 7) is -0.280. The molecule has 6 aromatic rings. The Hall–Kier alpha value is -6.93. The molecule has 0 amide bonds. The maximum Gasteiger partial charge on any atom is 0.340 e.